The lowest BCUT2D eigenvalue weighted by Crippen LogP contribution is -3.13. The van der Waals surface area contributed by atoms with Crippen molar-refractivity contribution in [3.63, 3.8) is 0 Å². The van der Waals surface area contributed by atoms with Gasteiger partial charge in [-0.3, -0.25) is 0 Å². The summed E-state index contributed by atoms with van der Waals surface area (Å²) in [5, 5.41) is 30.1. The Balaban J connectivity index is 0.000000357. The van der Waals surface area contributed by atoms with Crippen molar-refractivity contribution < 1.29 is 20.2 Å². The van der Waals surface area contributed by atoms with E-state index < -0.39 is 0 Å². The molecule has 33 heavy (non-hydrogen) atoms. The number of aromatic hydroxyl groups is 2. The van der Waals surface area contributed by atoms with Gasteiger partial charge in [-0.1, -0.05) is 43.6 Å². The molecule has 1 aliphatic carbocycles. The SMILES string of the molecule is C=C(C)[C@@H]1CCC(C)=C[C@H]1c1c(O)cc(CCCCC)c(C)c1O.OCC[NH+]1CCCCC1. The van der Waals surface area contributed by atoms with Crippen molar-refractivity contribution in [2.75, 3.05) is 26.2 Å². The minimum atomic E-state index is 0.0136. The normalized spacial score (nSPS) is 21.2. The molecule has 2 aliphatic rings. The number of unbranched alkanes of at least 4 members (excludes halogenated alkanes) is 2. The zero-order valence-corrected chi connectivity index (χ0v) is 21.6. The highest BCUT2D eigenvalue weighted by Crippen LogP contribution is 2.47. The van der Waals surface area contributed by atoms with E-state index in [-0.39, 0.29) is 23.3 Å². The summed E-state index contributed by atoms with van der Waals surface area (Å²) in [5.74, 6) is 0.783. The highest BCUT2D eigenvalue weighted by atomic mass is 16.3. The topological polar surface area (TPSA) is 65.1 Å². The summed E-state index contributed by atoms with van der Waals surface area (Å²) in [4.78, 5) is 1.59. The van der Waals surface area contributed by atoms with Crippen LogP contribution in [0, 0.1) is 12.8 Å². The standard InChI is InChI=1S/C22H32O2.C7H15NO/c1-6-7-8-9-17-13-20(23)21(22(24)16(17)5)19-12-15(4)10-11-18(19)14(2)3;9-7-6-8-4-2-1-3-5-8/h12-13,18-19,23-24H,2,6-11H2,1,3-5H3;9H,1-7H2/p+1/t18-,19+;/m0./s1. The van der Waals surface area contributed by atoms with Gasteiger partial charge >= 0.3 is 0 Å². The predicted octanol–water partition coefficient (Wildman–Crippen LogP) is 5.20. The van der Waals surface area contributed by atoms with Crippen molar-refractivity contribution in [1.29, 1.82) is 0 Å². The maximum absolute atomic E-state index is 10.8. The molecule has 4 nitrogen and oxygen atoms in total. The number of allylic oxidation sites excluding steroid dienone is 3. The van der Waals surface area contributed by atoms with Crippen LogP contribution in [-0.2, 0) is 6.42 Å². The minimum Gasteiger partial charge on any atom is -0.507 e. The first-order valence-corrected chi connectivity index (χ1v) is 13.1. The molecule has 1 fully saturated rings. The lowest BCUT2D eigenvalue weighted by molar-refractivity contribution is -0.905. The number of rotatable bonds is 8. The van der Waals surface area contributed by atoms with Gasteiger partial charge in [0.15, 0.2) is 0 Å². The molecule has 4 N–H and O–H groups in total. The Kier molecular flexibility index (Phi) is 11.5. The van der Waals surface area contributed by atoms with Gasteiger partial charge in [0.2, 0.25) is 0 Å². The second-order valence-corrected chi connectivity index (χ2v) is 10.2. The zero-order valence-electron chi connectivity index (χ0n) is 21.6. The van der Waals surface area contributed by atoms with Crippen LogP contribution in [0.25, 0.3) is 0 Å². The summed E-state index contributed by atoms with van der Waals surface area (Å²) in [6, 6.07) is 1.87. The summed E-state index contributed by atoms with van der Waals surface area (Å²) in [7, 11) is 0. The third-order valence-electron chi connectivity index (χ3n) is 7.47. The summed E-state index contributed by atoms with van der Waals surface area (Å²) >= 11 is 0. The molecule has 1 heterocycles. The zero-order chi connectivity index (χ0) is 24.4. The van der Waals surface area contributed by atoms with Gasteiger partial charge in [0.1, 0.15) is 18.0 Å². The predicted molar refractivity (Wildman–Crippen MR) is 138 cm³/mol. The molecule has 1 saturated heterocycles. The Hall–Kier alpha value is -1.78. The third kappa shape index (κ3) is 7.89. The number of hydrogen-bond donors (Lipinski definition) is 4. The van der Waals surface area contributed by atoms with Crippen LogP contribution in [0.4, 0.5) is 0 Å². The number of phenolic OH excluding ortho intramolecular Hbond substituents is 2. The summed E-state index contributed by atoms with van der Waals surface area (Å²) < 4.78 is 0. The Morgan fingerprint density at radius 2 is 1.82 bits per heavy atom. The molecule has 0 spiro atoms. The van der Waals surface area contributed by atoms with Crippen molar-refractivity contribution in [3.8, 4) is 11.5 Å². The number of hydrogen-bond acceptors (Lipinski definition) is 3. The van der Waals surface area contributed by atoms with Crippen LogP contribution >= 0.6 is 0 Å². The minimum absolute atomic E-state index is 0.0136. The number of aliphatic hydroxyl groups is 1. The van der Waals surface area contributed by atoms with Crippen molar-refractivity contribution in [2.45, 2.75) is 91.4 Å². The Bertz CT molecular complexity index is 790. The van der Waals surface area contributed by atoms with Crippen LogP contribution in [0.5, 0.6) is 11.5 Å². The van der Waals surface area contributed by atoms with Crippen LogP contribution in [0.2, 0.25) is 0 Å². The van der Waals surface area contributed by atoms with Gasteiger partial charge in [-0.25, -0.2) is 0 Å². The summed E-state index contributed by atoms with van der Waals surface area (Å²) in [6.45, 7) is 16.3. The summed E-state index contributed by atoms with van der Waals surface area (Å²) in [5.41, 5.74) is 5.09. The second-order valence-electron chi connectivity index (χ2n) is 10.2. The van der Waals surface area contributed by atoms with Crippen LogP contribution in [0.1, 0.15) is 94.7 Å². The fraction of sp³-hybridized carbons (Fsp3) is 0.655. The lowest BCUT2D eigenvalue weighted by Gasteiger charge is -2.32. The van der Waals surface area contributed by atoms with Gasteiger partial charge in [0, 0.05) is 11.5 Å². The van der Waals surface area contributed by atoms with Gasteiger partial charge in [-0.15, -0.1) is 0 Å². The smallest absolute Gasteiger partial charge is 0.126 e. The number of piperidine rings is 1. The van der Waals surface area contributed by atoms with Crippen molar-refractivity contribution in [1.82, 2.24) is 0 Å². The molecule has 4 heteroatoms. The molecule has 2 atom stereocenters. The van der Waals surface area contributed by atoms with E-state index in [9.17, 15) is 10.2 Å². The third-order valence-corrected chi connectivity index (χ3v) is 7.47. The molecule has 0 bridgehead atoms. The average Bonchev–Trinajstić information content (AvgIpc) is 2.78. The Morgan fingerprint density at radius 1 is 1.12 bits per heavy atom. The first kappa shape index (κ1) is 27.5. The maximum Gasteiger partial charge on any atom is 0.126 e. The number of aryl methyl sites for hydroxylation is 1. The lowest BCUT2D eigenvalue weighted by atomic mass is 9.73. The Labute approximate surface area is 202 Å². The van der Waals surface area contributed by atoms with Crippen LogP contribution < -0.4 is 4.90 Å². The van der Waals surface area contributed by atoms with Gasteiger partial charge in [0.05, 0.1) is 19.7 Å². The van der Waals surface area contributed by atoms with Gasteiger partial charge in [-0.2, -0.15) is 0 Å². The van der Waals surface area contributed by atoms with E-state index >= 15 is 0 Å². The number of nitrogens with one attached hydrogen (secondary N) is 1. The molecule has 0 unspecified atom stereocenters. The molecule has 0 amide bonds. The highest BCUT2D eigenvalue weighted by Gasteiger charge is 2.31. The monoisotopic (exact) mass is 458 g/mol. The Morgan fingerprint density at radius 3 is 2.42 bits per heavy atom. The molecule has 186 valence electrons. The van der Waals surface area contributed by atoms with E-state index in [1.165, 1.54) is 50.8 Å². The molecule has 1 aromatic carbocycles. The van der Waals surface area contributed by atoms with E-state index in [0.717, 1.165) is 48.9 Å². The first-order valence-electron chi connectivity index (χ1n) is 13.1. The molecule has 0 saturated carbocycles. The second kappa shape index (κ2) is 13.8. The maximum atomic E-state index is 10.8. The average molecular weight is 459 g/mol. The number of phenols is 2. The van der Waals surface area contributed by atoms with E-state index in [1.807, 2.05) is 19.9 Å². The van der Waals surface area contributed by atoms with E-state index in [4.69, 9.17) is 5.11 Å². The molecule has 0 radical (unpaired) electrons. The number of benzene rings is 1. The molecule has 1 aromatic rings. The summed E-state index contributed by atoms with van der Waals surface area (Å²) in [6.07, 6.45) is 12.7. The van der Waals surface area contributed by atoms with Crippen LogP contribution in [0.15, 0.2) is 29.9 Å². The van der Waals surface area contributed by atoms with Crippen molar-refractivity contribution >= 4 is 0 Å². The number of likely N-dealkylation sites (tertiary alicyclic amines) is 1. The number of aliphatic hydroxyl groups excluding tert-OH is 1. The highest BCUT2D eigenvalue weighted by molar-refractivity contribution is 5.56. The first-order chi connectivity index (χ1) is 15.8. The van der Waals surface area contributed by atoms with Gasteiger partial charge < -0.3 is 20.2 Å². The molecular weight excluding hydrogens is 410 g/mol. The van der Waals surface area contributed by atoms with Gasteiger partial charge in [0.25, 0.3) is 0 Å². The number of quaternary nitrogens is 1. The molecule has 1 aliphatic heterocycles. The van der Waals surface area contributed by atoms with Crippen molar-refractivity contribution in [3.05, 3.63) is 46.6 Å². The van der Waals surface area contributed by atoms with Gasteiger partial charge in [-0.05, 0) is 88.8 Å². The van der Waals surface area contributed by atoms with E-state index in [1.54, 1.807) is 4.90 Å². The fourth-order valence-corrected chi connectivity index (χ4v) is 5.35. The fourth-order valence-electron chi connectivity index (χ4n) is 5.35. The molecular formula is C29H48NO3+. The molecule has 3 rings (SSSR count). The molecule has 0 aromatic heterocycles. The largest absolute Gasteiger partial charge is 0.507 e. The van der Waals surface area contributed by atoms with Crippen LogP contribution in [0.3, 0.4) is 0 Å². The van der Waals surface area contributed by atoms with E-state index in [2.05, 4.69) is 26.5 Å². The van der Waals surface area contributed by atoms with Crippen LogP contribution in [-0.4, -0.2) is 41.6 Å². The van der Waals surface area contributed by atoms with E-state index in [0.29, 0.717) is 12.2 Å². The quantitative estimate of drug-likeness (QED) is 0.320. The van der Waals surface area contributed by atoms with Crippen molar-refractivity contribution in [2.24, 2.45) is 5.92 Å².